The molecule has 0 saturated carbocycles. The molecule has 1 atom stereocenters. The van der Waals surface area contributed by atoms with Gasteiger partial charge in [-0.2, -0.15) is 0 Å². The van der Waals surface area contributed by atoms with Crippen molar-refractivity contribution in [2.45, 2.75) is 25.4 Å². The van der Waals surface area contributed by atoms with Crippen LogP contribution >= 0.6 is 0 Å². The Morgan fingerprint density at radius 3 is 1.87 bits per heavy atom. The molecule has 0 fully saturated rings. The van der Waals surface area contributed by atoms with Crippen LogP contribution in [0.3, 0.4) is 0 Å². The summed E-state index contributed by atoms with van der Waals surface area (Å²) in [5.41, 5.74) is 4.36. The molecule has 4 aromatic rings. The van der Waals surface area contributed by atoms with Crippen LogP contribution in [0.4, 0.5) is 0 Å². The first-order valence-corrected chi connectivity index (χ1v) is 12.9. The fourth-order valence-corrected chi connectivity index (χ4v) is 4.65. The van der Waals surface area contributed by atoms with E-state index in [0.717, 1.165) is 41.0 Å². The maximum atomic E-state index is 6.46. The SMILES string of the molecule is COc1cccc(CCc2ccccc2)c1Oc1cccc(CC(OC)c2cc(OC)c(OC)c(OC)c2)c1. The third kappa shape index (κ3) is 6.84. The van der Waals surface area contributed by atoms with Gasteiger partial charge < -0.3 is 28.4 Å². The molecule has 0 saturated heterocycles. The first kappa shape index (κ1) is 27.9. The topological polar surface area (TPSA) is 55.4 Å². The lowest BCUT2D eigenvalue weighted by Crippen LogP contribution is -2.07. The van der Waals surface area contributed by atoms with Crippen molar-refractivity contribution in [2.75, 3.05) is 35.5 Å². The summed E-state index contributed by atoms with van der Waals surface area (Å²) in [6.07, 6.45) is 2.14. The second-order valence-corrected chi connectivity index (χ2v) is 9.07. The zero-order valence-electron chi connectivity index (χ0n) is 23.2. The lowest BCUT2D eigenvalue weighted by molar-refractivity contribution is 0.103. The first-order chi connectivity index (χ1) is 19.1. The molecule has 204 valence electrons. The Hall–Kier alpha value is -4.16. The molecule has 0 radical (unpaired) electrons. The van der Waals surface area contributed by atoms with Crippen LogP contribution in [0, 0.1) is 0 Å². The van der Waals surface area contributed by atoms with E-state index >= 15 is 0 Å². The molecule has 0 aliphatic heterocycles. The van der Waals surface area contributed by atoms with Gasteiger partial charge in [0, 0.05) is 13.5 Å². The Labute approximate surface area is 231 Å². The average molecular weight is 529 g/mol. The molecule has 1 unspecified atom stereocenters. The van der Waals surface area contributed by atoms with Crippen LogP contribution in [0.2, 0.25) is 0 Å². The summed E-state index contributed by atoms with van der Waals surface area (Å²) in [6.45, 7) is 0. The minimum atomic E-state index is -0.235. The number of para-hydroxylation sites is 1. The Bertz CT molecular complexity index is 1330. The molecule has 0 N–H and O–H groups in total. The molecule has 39 heavy (non-hydrogen) atoms. The van der Waals surface area contributed by atoms with Crippen LogP contribution in [-0.4, -0.2) is 35.5 Å². The lowest BCUT2D eigenvalue weighted by Gasteiger charge is -2.20. The van der Waals surface area contributed by atoms with Gasteiger partial charge in [-0.05, 0) is 65.4 Å². The number of benzene rings is 4. The minimum absolute atomic E-state index is 0.235. The van der Waals surface area contributed by atoms with Crippen molar-refractivity contribution in [1.29, 1.82) is 0 Å². The van der Waals surface area contributed by atoms with E-state index in [9.17, 15) is 0 Å². The first-order valence-electron chi connectivity index (χ1n) is 12.9. The maximum Gasteiger partial charge on any atom is 0.203 e. The fourth-order valence-electron chi connectivity index (χ4n) is 4.65. The quantitative estimate of drug-likeness (QED) is 0.182. The average Bonchev–Trinajstić information content (AvgIpc) is 2.99. The molecule has 4 rings (SSSR count). The molecular formula is C33H36O6. The number of ether oxygens (including phenoxy) is 6. The summed E-state index contributed by atoms with van der Waals surface area (Å²) >= 11 is 0. The van der Waals surface area contributed by atoms with E-state index in [1.807, 2.05) is 48.5 Å². The highest BCUT2D eigenvalue weighted by atomic mass is 16.5. The summed E-state index contributed by atoms with van der Waals surface area (Å²) in [4.78, 5) is 0. The second kappa shape index (κ2) is 13.6. The third-order valence-electron chi connectivity index (χ3n) is 6.69. The Kier molecular flexibility index (Phi) is 9.70. The van der Waals surface area contributed by atoms with Gasteiger partial charge in [-0.1, -0.05) is 54.6 Å². The minimum Gasteiger partial charge on any atom is -0.493 e. The summed E-state index contributed by atoms with van der Waals surface area (Å²) in [7, 11) is 8.17. The molecule has 0 aliphatic rings. The van der Waals surface area contributed by atoms with Crippen molar-refractivity contribution in [3.63, 3.8) is 0 Å². The largest absolute Gasteiger partial charge is 0.493 e. The summed E-state index contributed by atoms with van der Waals surface area (Å²) in [6, 6.07) is 28.4. The van der Waals surface area contributed by atoms with Crippen molar-refractivity contribution in [3.8, 4) is 34.5 Å². The van der Waals surface area contributed by atoms with Gasteiger partial charge in [0.1, 0.15) is 5.75 Å². The number of rotatable bonds is 13. The van der Waals surface area contributed by atoms with Gasteiger partial charge in [-0.25, -0.2) is 0 Å². The van der Waals surface area contributed by atoms with E-state index in [-0.39, 0.29) is 6.10 Å². The van der Waals surface area contributed by atoms with Crippen molar-refractivity contribution >= 4 is 0 Å². The molecule has 6 heteroatoms. The summed E-state index contributed by atoms with van der Waals surface area (Å²) < 4.78 is 34.6. The normalized spacial score (nSPS) is 11.5. The summed E-state index contributed by atoms with van der Waals surface area (Å²) in [5, 5.41) is 0. The Morgan fingerprint density at radius 2 is 1.23 bits per heavy atom. The monoisotopic (exact) mass is 528 g/mol. The van der Waals surface area contributed by atoms with E-state index in [1.54, 1.807) is 35.5 Å². The van der Waals surface area contributed by atoms with E-state index in [2.05, 4.69) is 36.4 Å². The number of hydrogen-bond acceptors (Lipinski definition) is 6. The lowest BCUT2D eigenvalue weighted by atomic mass is 10.00. The predicted octanol–water partition coefficient (Wildman–Crippen LogP) is 7.23. The van der Waals surface area contributed by atoms with Crippen molar-refractivity contribution < 1.29 is 28.4 Å². The highest BCUT2D eigenvalue weighted by Crippen LogP contribution is 2.41. The van der Waals surface area contributed by atoms with Gasteiger partial charge in [0.05, 0.1) is 34.5 Å². The molecule has 0 bridgehead atoms. The molecule has 0 heterocycles. The van der Waals surface area contributed by atoms with Gasteiger partial charge in [-0.15, -0.1) is 0 Å². The smallest absolute Gasteiger partial charge is 0.203 e. The molecule has 6 nitrogen and oxygen atoms in total. The molecule has 0 aromatic heterocycles. The number of aryl methyl sites for hydroxylation is 2. The van der Waals surface area contributed by atoms with Gasteiger partial charge in [0.25, 0.3) is 0 Å². The Morgan fingerprint density at radius 1 is 0.564 bits per heavy atom. The van der Waals surface area contributed by atoms with Crippen LogP contribution in [0.1, 0.15) is 28.4 Å². The number of methoxy groups -OCH3 is 5. The number of hydrogen-bond donors (Lipinski definition) is 0. The molecule has 0 spiro atoms. The zero-order valence-corrected chi connectivity index (χ0v) is 23.2. The van der Waals surface area contributed by atoms with Crippen molar-refractivity contribution in [2.24, 2.45) is 0 Å². The van der Waals surface area contributed by atoms with E-state index < -0.39 is 0 Å². The van der Waals surface area contributed by atoms with Crippen LogP contribution in [0.5, 0.6) is 34.5 Å². The standard InChI is InChI=1S/C33H36O6/c1-34-28-16-10-14-25(18-17-23-11-7-6-8-12-23)32(28)39-27-15-9-13-24(19-27)20-29(35-2)26-21-30(36-3)33(38-5)31(22-26)37-4/h6-16,19,21-22,29H,17-18,20H2,1-5H3. The van der Waals surface area contributed by atoms with Crippen molar-refractivity contribution in [3.05, 3.63) is 107 Å². The van der Waals surface area contributed by atoms with Gasteiger partial charge >= 0.3 is 0 Å². The van der Waals surface area contributed by atoms with Crippen LogP contribution in [-0.2, 0) is 24.0 Å². The molecule has 4 aromatic carbocycles. The van der Waals surface area contributed by atoms with Gasteiger partial charge in [0.15, 0.2) is 23.0 Å². The highest BCUT2D eigenvalue weighted by molar-refractivity contribution is 5.54. The van der Waals surface area contributed by atoms with Crippen LogP contribution < -0.4 is 23.7 Å². The maximum absolute atomic E-state index is 6.46. The Balaban J connectivity index is 1.57. The van der Waals surface area contributed by atoms with Crippen LogP contribution in [0.25, 0.3) is 0 Å². The van der Waals surface area contributed by atoms with Gasteiger partial charge in [-0.3, -0.25) is 0 Å². The van der Waals surface area contributed by atoms with Gasteiger partial charge in [0.2, 0.25) is 5.75 Å². The van der Waals surface area contributed by atoms with Crippen LogP contribution in [0.15, 0.2) is 84.9 Å². The third-order valence-corrected chi connectivity index (χ3v) is 6.69. The molecule has 0 amide bonds. The van der Waals surface area contributed by atoms with E-state index in [4.69, 9.17) is 28.4 Å². The van der Waals surface area contributed by atoms with E-state index in [1.165, 1.54) is 5.56 Å². The predicted molar refractivity (Wildman–Crippen MR) is 153 cm³/mol. The zero-order chi connectivity index (χ0) is 27.6. The fraction of sp³-hybridized carbons (Fsp3) is 0.273. The molecular weight excluding hydrogens is 492 g/mol. The van der Waals surface area contributed by atoms with E-state index in [0.29, 0.717) is 29.4 Å². The second-order valence-electron chi connectivity index (χ2n) is 9.07. The molecule has 0 aliphatic carbocycles. The summed E-state index contributed by atoms with van der Waals surface area (Å²) in [5.74, 6) is 3.90. The van der Waals surface area contributed by atoms with Crippen molar-refractivity contribution in [1.82, 2.24) is 0 Å². The highest BCUT2D eigenvalue weighted by Gasteiger charge is 2.20.